The number of carbonyl (C=O) groups excluding carboxylic acids is 2. The molecule has 0 radical (unpaired) electrons. The van der Waals surface area contributed by atoms with Crippen LogP contribution < -0.4 is 10.6 Å². The van der Waals surface area contributed by atoms with E-state index >= 15 is 0 Å². The van der Waals surface area contributed by atoms with E-state index in [1.165, 1.54) is 5.56 Å². The third-order valence-electron chi connectivity index (χ3n) is 7.43. The number of aromatic nitrogens is 2. The number of Topliss-reactive ketones (excluding diaryl/α,β-unsaturated/α-hetero) is 1. The Labute approximate surface area is 206 Å². The van der Waals surface area contributed by atoms with E-state index in [1.807, 2.05) is 24.4 Å². The fraction of sp³-hybridized carbons (Fsp3) is 0.464. The molecule has 0 saturated carbocycles. The van der Waals surface area contributed by atoms with E-state index in [-0.39, 0.29) is 23.7 Å². The molecule has 7 heteroatoms. The Bertz CT molecular complexity index is 1200. The van der Waals surface area contributed by atoms with Crippen LogP contribution in [0.5, 0.6) is 0 Å². The lowest BCUT2D eigenvalue weighted by Gasteiger charge is -2.36. The number of ketones is 1. The average molecular weight is 474 g/mol. The number of likely N-dealkylation sites (tertiary alicyclic amines) is 1. The largest absolute Gasteiger partial charge is 0.370 e. The number of fused-ring (bicyclic) bond motifs is 2. The first kappa shape index (κ1) is 23.5. The number of benzene rings is 1. The Morgan fingerprint density at radius 3 is 2.83 bits per heavy atom. The van der Waals surface area contributed by atoms with Crippen LogP contribution in [0.1, 0.15) is 55.5 Å². The van der Waals surface area contributed by atoms with Gasteiger partial charge in [-0.2, -0.15) is 0 Å². The van der Waals surface area contributed by atoms with Gasteiger partial charge in [-0.15, -0.1) is 0 Å². The number of aromatic amines is 1. The number of nitrogens with zero attached hydrogens (tertiary/aromatic N) is 2. The van der Waals surface area contributed by atoms with Gasteiger partial charge in [-0.25, -0.2) is 4.98 Å². The molecule has 2 aliphatic rings. The molecule has 1 unspecified atom stereocenters. The summed E-state index contributed by atoms with van der Waals surface area (Å²) >= 11 is 0. The number of rotatable bonds is 8. The number of H-pyrrole nitrogens is 1. The van der Waals surface area contributed by atoms with Gasteiger partial charge in [0.05, 0.1) is 6.04 Å². The van der Waals surface area contributed by atoms with Gasteiger partial charge in [-0.05, 0) is 76.2 Å². The topological polar surface area (TPSA) is 90.1 Å². The van der Waals surface area contributed by atoms with Crippen LogP contribution in [0, 0.1) is 5.92 Å². The van der Waals surface area contributed by atoms with Crippen molar-refractivity contribution in [3.05, 3.63) is 59.4 Å². The van der Waals surface area contributed by atoms with Crippen LogP contribution in [-0.4, -0.2) is 52.7 Å². The number of pyridine rings is 1. The molecule has 0 bridgehead atoms. The molecule has 35 heavy (non-hydrogen) atoms. The lowest BCUT2D eigenvalue weighted by molar-refractivity contribution is -0.127. The minimum absolute atomic E-state index is 0.00731. The molecule has 7 nitrogen and oxygen atoms in total. The van der Waals surface area contributed by atoms with Crippen LogP contribution in [0.3, 0.4) is 0 Å². The summed E-state index contributed by atoms with van der Waals surface area (Å²) in [7, 11) is 0. The summed E-state index contributed by atoms with van der Waals surface area (Å²) in [5, 5.41) is 7.61. The normalized spacial score (nSPS) is 17.5. The van der Waals surface area contributed by atoms with Crippen LogP contribution in [0.4, 0.5) is 5.82 Å². The first-order chi connectivity index (χ1) is 17.1. The standard InChI is InChI=1S/C28H35N5O2/c1-19(34)26(24-18-31-25-9-3-2-8-23(24)25)33-16-12-21(13-17-33)28(35)30-15-5-7-22-11-10-20-6-4-14-29-27(20)32-22/h2-3,8-11,18,21,26,31H,4-7,12-17H2,1H3,(H,29,32)(H,30,35). The molecule has 3 aromatic rings. The maximum Gasteiger partial charge on any atom is 0.223 e. The quantitative estimate of drug-likeness (QED) is 0.430. The van der Waals surface area contributed by atoms with Gasteiger partial charge in [0, 0.05) is 47.4 Å². The van der Waals surface area contributed by atoms with E-state index in [9.17, 15) is 9.59 Å². The second-order valence-electron chi connectivity index (χ2n) is 9.85. The van der Waals surface area contributed by atoms with Crippen LogP contribution >= 0.6 is 0 Å². The highest BCUT2D eigenvalue weighted by Crippen LogP contribution is 2.32. The summed E-state index contributed by atoms with van der Waals surface area (Å²) in [6.45, 7) is 4.81. The molecule has 5 rings (SSSR count). The number of aryl methyl sites for hydroxylation is 2. The summed E-state index contributed by atoms with van der Waals surface area (Å²) in [6, 6.07) is 12.1. The van der Waals surface area contributed by atoms with Crippen molar-refractivity contribution in [1.29, 1.82) is 0 Å². The molecular formula is C28H35N5O2. The van der Waals surface area contributed by atoms with Crippen LogP contribution in [-0.2, 0) is 22.4 Å². The van der Waals surface area contributed by atoms with E-state index in [4.69, 9.17) is 4.98 Å². The van der Waals surface area contributed by atoms with Crippen molar-refractivity contribution in [3.63, 3.8) is 0 Å². The van der Waals surface area contributed by atoms with Crippen LogP contribution in [0.25, 0.3) is 10.9 Å². The van der Waals surface area contributed by atoms with Gasteiger partial charge in [0.2, 0.25) is 5.91 Å². The zero-order valence-electron chi connectivity index (χ0n) is 20.5. The zero-order chi connectivity index (χ0) is 24.2. The first-order valence-electron chi connectivity index (χ1n) is 12.9. The van der Waals surface area contributed by atoms with E-state index < -0.39 is 0 Å². The maximum atomic E-state index is 12.8. The predicted molar refractivity (Wildman–Crippen MR) is 138 cm³/mol. The van der Waals surface area contributed by atoms with Crippen molar-refractivity contribution in [1.82, 2.24) is 20.2 Å². The number of hydrogen-bond donors (Lipinski definition) is 3. The number of piperidine rings is 1. The number of hydrogen-bond acceptors (Lipinski definition) is 5. The fourth-order valence-electron chi connectivity index (χ4n) is 5.55. The Hall–Kier alpha value is -3.19. The maximum absolute atomic E-state index is 12.8. The van der Waals surface area contributed by atoms with Crippen molar-refractivity contribution in [2.75, 3.05) is 31.5 Å². The van der Waals surface area contributed by atoms with Gasteiger partial charge >= 0.3 is 0 Å². The molecule has 2 aromatic heterocycles. The van der Waals surface area contributed by atoms with Crippen LogP contribution in [0.2, 0.25) is 0 Å². The summed E-state index contributed by atoms with van der Waals surface area (Å²) in [6.07, 6.45) is 7.51. The molecule has 1 aromatic carbocycles. The SMILES string of the molecule is CC(=O)C(c1c[nH]c2ccccc12)N1CCC(C(=O)NCCCc2ccc3c(n2)NCCC3)CC1. The molecular weight excluding hydrogens is 438 g/mol. The fourth-order valence-corrected chi connectivity index (χ4v) is 5.55. The summed E-state index contributed by atoms with van der Waals surface area (Å²) in [5.74, 6) is 1.31. The monoisotopic (exact) mass is 473 g/mol. The molecule has 184 valence electrons. The smallest absolute Gasteiger partial charge is 0.223 e. The molecule has 1 amide bonds. The van der Waals surface area contributed by atoms with Gasteiger partial charge in [0.1, 0.15) is 5.82 Å². The highest BCUT2D eigenvalue weighted by molar-refractivity contribution is 5.91. The number of anilines is 1. The molecule has 4 heterocycles. The second-order valence-corrected chi connectivity index (χ2v) is 9.85. The van der Waals surface area contributed by atoms with Gasteiger partial charge in [0.25, 0.3) is 0 Å². The molecule has 2 aliphatic heterocycles. The van der Waals surface area contributed by atoms with E-state index in [0.29, 0.717) is 6.54 Å². The molecule has 1 fully saturated rings. The Kier molecular flexibility index (Phi) is 7.13. The van der Waals surface area contributed by atoms with Crippen molar-refractivity contribution in [3.8, 4) is 0 Å². The summed E-state index contributed by atoms with van der Waals surface area (Å²) < 4.78 is 0. The zero-order valence-corrected chi connectivity index (χ0v) is 20.5. The first-order valence-corrected chi connectivity index (χ1v) is 12.9. The Morgan fingerprint density at radius 1 is 1.17 bits per heavy atom. The minimum atomic E-state index is -0.270. The number of nitrogens with one attached hydrogen (secondary N) is 3. The molecule has 0 aliphatic carbocycles. The predicted octanol–water partition coefficient (Wildman–Crippen LogP) is 4.01. The summed E-state index contributed by atoms with van der Waals surface area (Å²) in [4.78, 5) is 35.7. The van der Waals surface area contributed by atoms with Gasteiger partial charge in [-0.1, -0.05) is 24.3 Å². The number of para-hydroxylation sites is 1. The third-order valence-corrected chi connectivity index (χ3v) is 7.43. The number of carbonyl (C=O) groups is 2. The van der Waals surface area contributed by atoms with E-state index in [0.717, 1.165) is 86.1 Å². The molecule has 1 atom stereocenters. The van der Waals surface area contributed by atoms with Crippen LogP contribution in [0.15, 0.2) is 42.6 Å². The molecule has 1 saturated heterocycles. The van der Waals surface area contributed by atoms with Crippen molar-refractivity contribution >= 4 is 28.4 Å². The minimum Gasteiger partial charge on any atom is -0.370 e. The average Bonchev–Trinajstić information content (AvgIpc) is 3.30. The second kappa shape index (κ2) is 10.6. The van der Waals surface area contributed by atoms with Gasteiger partial charge < -0.3 is 15.6 Å². The molecule has 0 spiro atoms. The molecule has 3 N–H and O–H groups in total. The highest BCUT2D eigenvalue weighted by Gasteiger charge is 2.32. The van der Waals surface area contributed by atoms with Gasteiger partial charge in [-0.3, -0.25) is 14.5 Å². The van der Waals surface area contributed by atoms with Crippen molar-refractivity contribution in [2.24, 2.45) is 5.92 Å². The van der Waals surface area contributed by atoms with Gasteiger partial charge in [0.15, 0.2) is 5.78 Å². The van der Waals surface area contributed by atoms with E-state index in [2.05, 4.69) is 38.7 Å². The highest BCUT2D eigenvalue weighted by atomic mass is 16.2. The lowest BCUT2D eigenvalue weighted by atomic mass is 9.92. The van der Waals surface area contributed by atoms with Crippen molar-refractivity contribution < 1.29 is 9.59 Å². The third kappa shape index (κ3) is 5.25. The Morgan fingerprint density at radius 2 is 2.00 bits per heavy atom. The van der Waals surface area contributed by atoms with Crippen molar-refractivity contribution in [2.45, 2.75) is 51.5 Å². The lowest BCUT2D eigenvalue weighted by Crippen LogP contribution is -2.43. The van der Waals surface area contributed by atoms with E-state index in [1.54, 1.807) is 6.92 Å². The summed E-state index contributed by atoms with van der Waals surface area (Å²) in [5.41, 5.74) is 4.46. The number of amides is 1. The Balaban J connectivity index is 1.10.